The number of phosphoric acid groups is 1. The second-order valence-corrected chi connectivity index (χ2v) is 22.4. The van der Waals surface area contributed by atoms with Crippen molar-refractivity contribution in [1.82, 2.24) is 5.32 Å². The Morgan fingerprint density at radius 1 is 0.484 bits per heavy atom. The van der Waals surface area contributed by atoms with Crippen LogP contribution in [0.15, 0.2) is 0 Å². The van der Waals surface area contributed by atoms with Gasteiger partial charge in [0.15, 0.2) is 0 Å². The van der Waals surface area contributed by atoms with Crippen molar-refractivity contribution in [2.24, 2.45) is 0 Å². The quantitative estimate of drug-likeness (QED) is 0.0357. The Labute approximate surface area is 399 Å². The lowest BCUT2D eigenvalue weighted by atomic mass is 10.0. The highest BCUT2D eigenvalue weighted by Crippen LogP contribution is 2.38. The Bertz CT molecular complexity index is 1010. The molecule has 0 radical (unpaired) electrons. The molecule has 0 fully saturated rings. The third-order valence-corrected chi connectivity index (χ3v) is 14.3. The summed E-state index contributed by atoms with van der Waals surface area (Å²) in [5.74, 6) is -0.159. The Hall–Kier alpha value is -0.500. The lowest BCUT2D eigenvalue weighted by Gasteiger charge is -2.30. The number of nitrogens with one attached hydrogen (secondary N) is 1. The van der Waals surface area contributed by atoms with Crippen LogP contribution in [-0.2, 0) is 18.4 Å². The standard InChI is InChI=1S/C55H113N2O6P/c1-6-8-10-12-14-16-18-19-20-21-22-23-24-25-26-27-28-29-30-31-32-33-34-35-36-37-38-39-41-43-45-47-49-55(59)56-53(52-63-64(60,61)62-51-50-57(3,4)5)54(58)48-46-44-42-40-17-15-13-11-9-7-2/h53-54,58H,6-52H2,1-5H3,(H-,56,59,60,61). The summed E-state index contributed by atoms with van der Waals surface area (Å²) in [5, 5.41) is 13.9. The minimum atomic E-state index is -4.56. The van der Waals surface area contributed by atoms with E-state index in [2.05, 4.69) is 19.2 Å². The highest BCUT2D eigenvalue weighted by atomic mass is 31.2. The van der Waals surface area contributed by atoms with Gasteiger partial charge in [0.2, 0.25) is 5.91 Å². The summed E-state index contributed by atoms with van der Waals surface area (Å²) >= 11 is 0. The fourth-order valence-corrected chi connectivity index (χ4v) is 9.59. The van der Waals surface area contributed by atoms with E-state index in [9.17, 15) is 19.4 Å². The summed E-state index contributed by atoms with van der Waals surface area (Å²) in [7, 11) is 1.32. The molecule has 2 N–H and O–H groups in total. The van der Waals surface area contributed by atoms with Crippen LogP contribution in [0.3, 0.4) is 0 Å². The third-order valence-electron chi connectivity index (χ3n) is 13.3. The number of carbonyl (C=O) groups excluding carboxylic acids is 1. The Morgan fingerprint density at radius 2 is 0.766 bits per heavy atom. The molecule has 0 aliphatic heterocycles. The molecule has 384 valence electrons. The topological polar surface area (TPSA) is 108 Å². The summed E-state index contributed by atoms with van der Waals surface area (Å²) in [6.07, 6.45) is 55.9. The number of carbonyl (C=O) groups is 1. The minimum Gasteiger partial charge on any atom is -0.756 e. The maximum atomic E-state index is 12.9. The van der Waals surface area contributed by atoms with E-state index < -0.39 is 20.0 Å². The first-order valence-corrected chi connectivity index (χ1v) is 29.8. The van der Waals surface area contributed by atoms with Crippen LogP contribution in [0.25, 0.3) is 0 Å². The molecule has 0 aromatic rings. The molecule has 0 heterocycles. The SMILES string of the molecule is CCCCCCCCCCCCCCCCCCCCCCCCCCCCCCCCCCC(=O)NC(COP(=O)([O-])OCC[N+](C)(C)C)C(O)CCCCCCCCCCCC. The molecule has 0 aromatic carbocycles. The average molecular weight is 929 g/mol. The minimum absolute atomic E-state index is 0.0160. The van der Waals surface area contributed by atoms with E-state index in [0.29, 0.717) is 23.9 Å². The van der Waals surface area contributed by atoms with Gasteiger partial charge in [-0.3, -0.25) is 9.36 Å². The van der Waals surface area contributed by atoms with Crippen LogP contribution in [0.2, 0.25) is 0 Å². The zero-order valence-corrected chi connectivity index (χ0v) is 44.7. The molecule has 0 saturated carbocycles. The van der Waals surface area contributed by atoms with Crippen LogP contribution in [-0.4, -0.2) is 68.5 Å². The number of rotatable bonds is 53. The van der Waals surface area contributed by atoms with E-state index >= 15 is 0 Å². The van der Waals surface area contributed by atoms with Crippen molar-refractivity contribution in [3.05, 3.63) is 0 Å². The maximum absolute atomic E-state index is 12.9. The molecule has 0 aromatic heterocycles. The fourth-order valence-electron chi connectivity index (χ4n) is 8.87. The normalized spacial score (nSPS) is 13.9. The molecule has 0 saturated heterocycles. The Morgan fingerprint density at radius 3 is 1.06 bits per heavy atom. The Balaban J connectivity index is 3.87. The first kappa shape index (κ1) is 63.5. The van der Waals surface area contributed by atoms with E-state index in [0.717, 1.165) is 38.5 Å². The molecular formula is C55H113N2O6P. The predicted octanol–water partition coefficient (Wildman–Crippen LogP) is 16.2. The van der Waals surface area contributed by atoms with Gasteiger partial charge in [-0.25, -0.2) is 0 Å². The fraction of sp³-hybridized carbons (Fsp3) is 0.982. The molecule has 0 bridgehead atoms. The van der Waals surface area contributed by atoms with E-state index in [4.69, 9.17) is 9.05 Å². The molecule has 9 heteroatoms. The average Bonchev–Trinajstić information content (AvgIpc) is 3.25. The van der Waals surface area contributed by atoms with Crippen molar-refractivity contribution < 1.29 is 32.9 Å². The second kappa shape index (κ2) is 47.6. The number of nitrogens with zero attached hydrogens (tertiary/aromatic N) is 1. The largest absolute Gasteiger partial charge is 0.756 e. The van der Waals surface area contributed by atoms with Gasteiger partial charge in [0.1, 0.15) is 13.2 Å². The lowest BCUT2D eigenvalue weighted by molar-refractivity contribution is -0.870. The first-order chi connectivity index (χ1) is 31.0. The Kier molecular flexibility index (Phi) is 47.2. The van der Waals surface area contributed by atoms with E-state index in [1.807, 2.05) is 21.1 Å². The second-order valence-electron chi connectivity index (χ2n) is 21.0. The van der Waals surface area contributed by atoms with Crippen molar-refractivity contribution in [2.45, 2.75) is 309 Å². The van der Waals surface area contributed by atoms with Crippen LogP contribution in [0.4, 0.5) is 0 Å². The number of aliphatic hydroxyl groups excluding tert-OH is 1. The van der Waals surface area contributed by atoms with Crippen LogP contribution in [0.1, 0.15) is 296 Å². The van der Waals surface area contributed by atoms with Crippen LogP contribution >= 0.6 is 7.82 Å². The molecule has 3 atom stereocenters. The summed E-state index contributed by atoms with van der Waals surface area (Å²) in [5.41, 5.74) is 0. The highest BCUT2D eigenvalue weighted by molar-refractivity contribution is 7.45. The van der Waals surface area contributed by atoms with Gasteiger partial charge in [0.25, 0.3) is 7.82 Å². The van der Waals surface area contributed by atoms with Crippen molar-refractivity contribution >= 4 is 13.7 Å². The monoisotopic (exact) mass is 929 g/mol. The molecular weight excluding hydrogens is 816 g/mol. The van der Waals surface area contributed by atoms with Gasteiger partial charge in [0.05, 0.1) is 39.9 Å². The molecule has 0 aliphatic rings. The zero-order chi connectivity index (χ0) is 47.1. The van der Waals surface area contributed by atoms with Gasteiger partial charge in [-0.05, 0) is 12.8 Å². The molecule has 0 aliphatic carbocycles. The van der Waals surface area contributed by atoms with E-state index in [1.54, 1.807) is 0 Å². The van der Waals surface area contributed by atoms with Gasteiger partial charge >= 0.3 is 0 Å². The number of likely N-dealkylation sites (N-methyl/N-ethyl adjacent to an activating group) is 1. The predicted molar refractivity (Wildman–Crippen MR) is 275 cm³/mol. The van der Waals surface area contributed by atoms with Gasteiger partial charge in [-0.15, -0.1) is 0 Å². The van der Waals surface area contributed by atoms with Crippen LogP contribution in [0.5, 0.6) is 0 Å². The summed E-state index contributed by atoms with van der Waals surface area (Å²) in [4.78, 5) is 25.4. The number of phosphoric ester groups is 1. The van der Waals surface area contributed by atoms with Gasteiger partial charge < -0.3 is 28.8 Å². The zero-order valence-electron chi connectivity index (χ0n) is 43.8. The molecule has 0 spiro atoms. The van der Waals surface area contributed by atoms with E-state index in [1.165, 1.54) is 231 Å². The van der Waals surface area contributed by atoms with Gasteiger partial charge in [-0.1, -0.05) is 277 Å². The number of amides is 1. The van der Waals surface area contributed by atoms with Crippen molar-refractivity contribution in [3.8, 4) is 0 Å². The molecule has 0 rings (SSSR count). The van der Waals surface area contributed by atoms with Crippen molar-refractivity contribution in [3.63, 3.8) is 0 Å². The number of hydrogen-bond acceptors (Lipinski definition) is 6. The van der Waals surface area contributed by atoms with Gasteiger partial charge in [-0.2, -0.15) is 0 Å². The third kappa shape index (κ3) is 49.4. The van der Waals surface area contributed by atoms with Crippen molar-refractivity contribution in [1.29, 1.82) is 0 Å². The molecule has 1 amide bonds. The molecule has 64 heavy (non-hydrogen) atoms. The van der Waals surface area contributed by atoms with Crippen LogP contribution in [0, 0.1) is 0 Å². The first-order valence-electron chi connectivity index (χ1n) is 28.4. The number of aliphatic hydroxyl groups is 1. The van der Waals surface area contributed by atoms with Gasteiger partial charge in [0, 0.05) is 6.42 Å². The maximum Gasteiger partial charge on any atom is 0.268 e. The van der Waals surface area contributed by atoms with Crippen LogP contribution < -0.4 is 10.2 Å². The molecule has 3 unspecified atom stereocenters. The lowest BCUT2D eigenvalue weighted by Crippen LogP contribution is -2.46. The summed E-state index contributed by atoms with van der Waals surface area (Å²) < 4.78 is 23.3. The summed E-state index contributed by atoms with van der Waals surface area (Å²) in [6.45, 7) is 4.74. The van der Waals surface area contributed by atoms with Crippen molar-refractivity contribution in [2.75, 3.05) is 40.9 Å². The summed E-state index contributed by atoms with van der Waals surface area (Å²) in [6, 6.07) is -0.793. The van der Waals surface area contributed by atoms with E-state index in [-0.39, 0.29) is 19.1 Å². The number of unbranched alkanes of at least 4 members (excludes halogenated alkanes) is 40. The molecule has 8 nitrogen and oxygen atoms in total. The number of hydrogen-bond donors (Lipinski definition) is 2. The smallest absolute Gasteiger partial charge is 0.268 e. The number of quaternary nitrogens is 1. The highest BCUT2D eigenvalue weighted by Gasteiger charge is 2.24.